The fraction of sp³-hybridized carbons (Fsp3) is 0.321. The number of aromatic hydroxyl groups is 1. The molecule has 3 aromatic rings. The summed E-state index contributed by atoms with van der Waals surface area (Å²) in [4.78, 5) is 12.3. The predicted octanol–water partition coefficient (Wildman–Crippen LogP) is 3.01. The number of methoxy groups -OCH3 is 1. The van der Waals surface area contributed by atoms with Gasteiger partial charge in [-0.3, -0.25) is 4.79 Å². The third-order valence-corrected chi connectivity index (χ3v) is 5.87. The molecule has 0 aliphatic heterocycles. The molecule has 0 fully saturated rings. The number of rotatable bonds is 12. The Morgan fingerprint density at radius 1 is 1.00 bits per heavy atom. The average molecular weight is 479 g/mol. The molecule has 7 nitrogen and oxygen atoms in total. The molecule has 0 aliphatic rings. The van der Waals surface area contributed by atoms with E-state index < -0.39 is 6.10 Å². The van der Waals surface area contributed by atoms with Crippen LogP contribution in [0.2, 0.25) is 0 Å². The highest BCUT2D eigenvalue weighted by atomic mass is 16.5. The summed E-state index contributed by atoms with van der Waals surface area (Å²) in [7, 11) is 1.62. The minimum Gasteiger partial charge on any atom is -0.508 e. The molecular formula is C28H34N2O5. The number of ether oxygens (including phenoxy) is 1. The van der Waals surface area contributed by atoms with Crippen molar-refractivity contribution in [2.75, 3.05) is 13.7 Å². The summed E-state index contributed by atoms with van der Waals surface area (Å²) in [6.45, 7) is 2.57. The third-order valence-electron chi connectivity index (χ3n) is 5.87. The minimum absolute atomic E-state index is 0.0163. The summed E-state index contributed by atoms with van der Waals surface area (Å²) in [5.74, 6) is 0.743. The van der Waals surface area contributed by atoms with Crippen molar-refractivity contribution < 1.29 is 24.9 Å². The number of benzene rings is 3. The van der Waals surface area contributed by atoms with Crippen molar-refractivity contribution in [1.82, 2.24) is 10.6 Å². The fourth-order valence-corrected chi connectivity index (χ4v) is 3.82. The quantitative estimate of drug-likeness (QED) is 0.274. The molecule has 0 aromatic heterocycles. The Balaban J connectivity index is 1.43. The molecule has 0 aliphatic carbocycles. The Morgan fingerprint density at radius 2 is 1.74 bits per heavy atom. The zero-order chi connectivity index (χ0) is 25.2. The number of carbonyl (C=O) groups excluding carboxylic acids is 1. The van der Waals surface area contributed by atoms with E-state index in [9.17, 15) is 20.1 Å². The minimum atomic E-state index is -0.749. The number of phenols is 1. The van der Waals surface area contributed by atoms with E-state index >= 15 is 0 Å². The molecule has 186 valence electrons. The van der Waals surface area contributed by atoms with E-state index in [-0.39, 0.29) is 24.3 Å². The highest BCUT2D eigenvalue weighted by Gasteiger charge is 2.12. The van der Waals surface area contributed by atoms with Crippen LogP contribution in [0.3, 0.4) is 0 Å². The average Bonchev–Trinajstić information content (AvgIpc) is 2.87. The molecule has 35 heavy (non-hydrogen) atoms. The van der Waals surface area contributed by atoms with Gasteiger partial charge in [0, 0.05) is 24.7 Å². The normalized spacial score (nSPS) is 12.7. The van der Waals surface area contributed by atoms with Crippen molar-refractivity contribution in [2.24, 2.45) is 0 Å². The van der Waals surface area contributed by atoms with Crippen LogP contribution in [0.15, 0.2) is 66.7 Å². The van der Waals surface area contributed by atoms with Crippen LogP contribution in [-0.4, -0.2) is 40.9 Å². The largest absolute Gasteiger partial charge is 0.508 e. The summed E-state index contributed by atoms with van der Waals surface area (Å²) < 4.78 is 5.21. The first-order valence-electron chi connectivity index (χ1n) is 11.7. The Morgan fingerprint density at radius 3 is 2.46 bits per heavy atom. The lowest BCUT2D eigenvalue weighted by molar-refractivity contribution is -0.120. The van der Waals surface area contributed by atoms with E-state index in [2.05, 4.69) is 10.6 Å². The number of aliphatic hydroxyl groups excluding tert-OH is 2. The molecule has 3 rings (SSSR count). The Hall–Kier alpha value is -3.39. The molecule has 0 radical (unpaired) electrons. The van der Waals surface area contributed by atoms with Gasteiger partial charge in [0.15, 0.2) is 0 Å². The smallest absolute Gasteiger partial charge is 0.224 e. The van der Waals surface area contributed by atoms with Gasteiger partial charge in [-0.1, -0.05) is 42.5 Å². The van der Waals surface area contributed by atoms with Crippen LogP contribution in [0, 0.1) is 0 Å². The van der Waals surface area contributed by atoms with Gasteiger partial charge in [-0.05, 0) is 59.9 Å². The van der Waals surface area contributed by atoms with Gasteiger partial charge < -0.3 is 30.7 Å². The molecule has 1 amide bonds. The van der Waals surface area contributed by atoms with E-state index in [0.717, 1.165) is 28.9 Å². The summed E-state index contributed by atoms with van der Waals surface area (Å²) in [5, 5.41) is 35.7. The highest BCUT2D eigenvalue weighted by molar-refractivity contribution is 5.78. The third kappa shape index (κ3) is 8.10. The van der Waals surface area contributed by atoms with E-state index in [1.54, 1.807) is 19.2 Å². The van der Waals surface area contributed by atoms with Gasteiger partial charge in [0.25, 0.3) is 0 Å². The Kier molecular flexibility index (Phi) is 9.66. The zero-order valence-electron chi connectivity index (χ0n) is 20.2. The first kappa shape index (κ1) is 26.2. The molecule has 0 heterocycles. The molecule has 0 spiro atoms. The van der Waals surface area contributed by atoms with Gasteiger partial charge >= 0.3 is 0 Å². The van der Waals surface area contributed by atoms with E-state index in [4.69, 9.17) is 4.74 Å². The molecule has 0 saturated carbocycles. The van der Waals surface area contributed by atoms with Crippen molar-refractivity contribution in [3.63, 3.8) is 0 Å². The standard InChI is InChI=1S/C28H34N2O5/c1-19(29-17-27(33)23-10-11-26(32)24(15-23)18-31)12-20-6-8-21(9-7-20)14-28(34)30-16-22-4-3-5-25(13-22)35-2/h3-11,13,15,19,27,29,31-33H,12,14,16-18H2,1-2H3,(H,30,34)/t19-,27+/m1/s1. The van der Waals surface area contributed by atoms with Gasteiger partial charge in [-0.25, -0.2) is 0 Å². The second-order valence-electron chi connectivity index (χ2n) is 8.70. The number of amides is 1. The second kappa shape index (κ2) is 12.9. The number of hydrogen-bond acceptors (Lipinski definition) is 6. The number of carbonyl (C=O) groups is 1. The zero-order valence-corrected chi connectivity index (χ0v) is 20.2. The summed E-state index contributed by atoms with van der Waals surface area (Å²) in [6.07, 6.45) is 0.334. The maximum absolute atomic E-state index is 12.3. The molecule has 2 atom stereocenters. The van der Waals surface area contributed by atoms with Gasteiger partial charge in [0.2, 0.25) is 5.91 Å². The molecule has 7 heteroatoms. The highest BCUT2D eigenvalue weighted by Crippen LogP contribution is 2.22. The van der Waals surface area contributed by atoms with Crippen LogP contribution in [0.4, 0.5) is 0 Å². The van der Waals surface area contributed by atoms with E-state index in [1.165, 1.54) is 6.07 Å². The molecule has 0 bridgehead atoms. The van der Waals surface area contributed by atoms with E-state index in [0.29, 0.717) is 30.6 Å². The van der Waals surface area contributed by atoms with E-state index in [1.807, 2.05) is 55.5 Å². The van der Waals surface area contributed by atoms with Gasteiger partial charge in [0.1, 0.15) is 11.5 Å². The van der Waals surface area contributed by atoms with Crippen molar-refractivity contribution in [3.05, 3.63) is 94.5 Å². The predicted molar refractivity (Wildman–Crippen MR) is 135 cm³/mol. The summed E-state index contributed by atoms with van der Waals surface area (Å²) >= 11 is 0. The first-order valence-corrected chi connectivity index (χ1v) is 11.7. The Bertz CT molecular complexity index is 1100. The van der Waals surface area contributed by atoms with Crippen LogP contribution in [-0.2, 0) is 30.8 Å². The molecular weight excluding hydrogens is 444 g/mol. The Labute approximate surface area is 206 Å². The number of nitrogens with one attached hydrogen (secondary N) is 2. The van der Waals surface area contributed by atoms with Gasteiger partial charge in [0.05, 0.1) is 26.2 Å². The van der Waals surface area contributed by atoms with Crippen LogP contribution in [0.5, 0.6) is 11.5 Å². The lowest BCUT2D eigenvalue weighted by Gasteiger charge is -2.18. The lowest BCUT2D eigenvalue weighted by atomic mass is 10.0. The topological polar surface area (TPSA) is 111 Å². The van der Waals surface area contributed by atoms with Crippen LogP contribution in [0.25, 0.3) is 0 Å². The van der Waals surface area contributed by atoms with Crippen LogP contribution in [0.1, 0.15) is 40.8 Å². The molecule has 0 unspecified atom stereocenters. The number of hydrogen-bond donors (Lipinski definition) is 5. The number of aliphatic hydroxyl groups is 2. The maximum Gasteiger partial charge on any atom is 0.224 e. The van der Waals surface area contributed by atoms with Crippen molar-refractivity contribution in [2.45, 2.75) is 45.1 Å². The molecule has 3 aromatic carbocycles. The van der Waals surface area contributed by atoms with Crippen molar-refractivity contribution in [1.29, 1.82) is 0 Å². The van der Waals surface area contributed by atoms with Crippen molar-refractivity contribution >= 4 is 5.91 Å². The van der Waals surface area contributed by atoms with Gasteiger partial charge in [-0.2, -0.15) is 0 Å². The van der Waals surface area contributed by atoms with Crippen molar-refractivity contribution in [3.8, 4) is 11.5 Å². The summed E-state index contributed by atoms with van der Waals surface area (Å²) in [6, 6.07) is 20.5. The fourth-order valence-electron chi connectivity index (χ4n) is 3.82. The van der Waals surface area contributed by atoms with Crippen LogP contribution >= 0.6 is 0 Å². The second-order valence-corrected chi connectivity index (χ2v) is 8.70. The first-order chi connectivity index (χ1) is 16.9. The van der Waals surface area contributed by atoms with Gasteiger partial charge in [-0.15, -0.1) is 0 Å². The monoisotopic (exact) mass is 478 g/mol. The molecule has 0 saturated heterocycles. The lowest BCUT2D eigenvalue weighted by Crippen LogP contribution is -2.32. The maximum atomic E-state index is 12.3. The van der Waals surface area contributed by atoms with Crippen LogP contribution < -0.4 is 15.4 Å². The SMILES string of the molecule is COc1cccc(CNC(=O)Cc2ccc(C[C@@H](C)NC[C@H](O)c3ccc(O)c(CO)c3)cc2)c1. The molecule has 5 N–H and O–H groups in total. The summed E-state index contributed by atoms with van der Waals surface area (Å²) in [5.41, 5.74) is 4.09.